The Kier molecular flexibility index (Phi) is 3.87. The molecule has 16 heavy (non-hydrogen) atoms. The minimum atomic E-state index is -3.18. The van der Waals surface area contributed by atoms with Crippen molar-refractivity contribution in [1.29, 1.82) is 0 Å². The largest absolute Gasteiger partial charge is 0.469 e. The average molecular weight is 250 g/mol. The molecule has 0 aliphatic carbocycles. The molecule has 2 N–H and O–H groups in total. The van der Waals surface area contributed by atoms with Crippen LogP contribution in [0.3, 0.4) is 0 Å². The summed E-state index contributed by atoms with van der Waals surface area (Å²) in [7, 11) is -1.93. The van der Waals surface area contributed by atoms with Gasteiger partial charge in [0.05, 0.1) is 25.4 Å². The van der Waals surface area contributed by atoms with Crippen molar-refractivity contribution in [3.05, 3.63) is 0 Å². The fourth-order valence-corrected chi connectivity index (χ4v) is 1.83. The van der Waals surface area contributed by atoms with Gasteiger partial charge in [0.1, 0.15) is 6.04 Å². The summed E-state index contributed by atoms with van der Waals surface area (Å²) in [6, 6.07) is -1.05. The van der Waals surface area contributed by atoms with E-state index in [1.165, 1.54) is 7.11 Å². The molecule has 7 nitrogen and oxygen atoms in total. The van der Waals surface area contributed by atoms with Gasteiger partial charge in [0.15, 0.2) is 9.84 Å². The predicted octanol–water partition coefficient (Wildman–Crippen LogP) is -1.99. The van der Waals surface area contributed by atoms with Crippen LogP contribution in [0.2, 0.25) is 0 Å². The van der Waals surface area contributed by atoms with Crippen LogP contribution in [0.25, 0.3) is 0 Å². The Balaban J connectivity index is 2.45. The van der Waals surface area contributed by atoms with Crippen molar-refractivity contribution in [3.63, 3.8) is 0 Å². The Morgan fingerprint density at radius 1 is 1.56 bits per heavy atom. The van der Waals surface area contributed by atoms with Crippen molar-refractivity contribution in [2.75, 3.05) is 19.2 Å². The number of carbonyl (C=O) groups is 2. The molecule has 1 aliphatic rings. The first-order valence-corrected chi connectivity index (χ1v) is 6.68. The minimum absolute atomic E-state index is 0.0314. The summed E-state index contributed by atoms with van der Waals surface area (Å²) in [5, 5.41) is 5.08. The molecular weight excluding hydrogens is 236 g/mol. The lowest BCUT2D eigenvalue weighted by molar-refractivity contribution is -0.143. The molecule has 92 valence electrons. The summed E-state index contributed by atoms with van der Waals surface area (Å²) >= 11 is 0. The molecule has 2 atom stereocenters. The molecule has 0 aromatic rings. The molecule has 1 rings (SSSR count). The van der Waals surface area contributed by atoms with Crippen molar-refractivity contribution in [3.8, 4) is 0 Å². The number of hydrogen-bond acceptors (Lipinski definition) is 6. The molecule has 0 aromatic carbocycles. The van der Waals surface area contributed by atoms with Gasteiger partial charge in [-0.1, -0.05) is 0 Å². The zero-order valence-electron chi connectivity index (χ0n) is 9.02. The second-order valence-corrected chi connectivity index (χ2v) is 5.79. The lowest BCUT2D eigenvalue weighted by Gasteiger charge is -2.36. The minimum Gasteiger partial charge on any atom is -0.469 e. The number of hydrogen-bond donors (Lipinski definition) is 2. The molecule has 1 aliphatic heterocycles. The summed E-state index contributed by atoms with van der Waals surface area (Å²) in [6.45, 7) is 0. The van der Waals surface area contributed by atoms with Crippen LogP contribution in [-0.2, 0) is 24.2 Å². The quantitative estimate of drug-likeness (QED) is 0.432. The molecule has 0 unspecified atom stereocenters. The first-order valence-electron chi connectivity index (χ1n) is 4.62. The number of sulfone groups is 1. The number of β-lactam (4-membered cyclic amide) rings is 1. The van der Waals surface area contributed by atoms with Crippen LogP contribution in [-0.4, -0.2) is 51.6 Å². The first kappa shape index (κ1) is 12.9. The third-order valence-electron chi connectivity index (χ3n) is 2.19. The van der Waals surface area contributed by atoms with E-state index < -0.39 is 27.9 Å². The Hall–Kier alpha value is -1.15. The third kappa shape index (κ3) is 3.46. The van der Waals surface area contributed by atoms with Crippen LogP contribution in [0.5, 0.6) is 0 Å². The zero-order chi connectivity index (χ0) is 12.3. The summed E-state index contributed by atoms with van der Waals surface area (Å²) in [6.07, 6.45) is 1.09. The molecule has 1 saturated heterocycles. The highest BCUT2D eigenvalue weighted by Crippen LogP contribution is 2.11. The second kappa shape index (κ2) is 4.79. The summed E-state index contributed by atoms with van der Waals surface area (Å²) in [5.74, 6) is -1.04. The highest BCUT2D eigenvalue weighted by Gasteiger charge is 2.40. The first-order chi connectivity index (χ1) is 7.33. The van der Waals surface area contributed by atoms with Crippen LogP contribution in [0.1, 0.15) is 6.42 Å². The summed E-state index contributed by atoms with van der Waals surface area (Å²) < 4.78 is 26.2. The Morgan fingerprint density at radius 2 is 2.19 bits per heavy atom. The topological polar surface area (TPSA) is 102 Å². The van der Waals surface area contributed by atoms with Gasteiger partial charge in [0.2, 0.25) is 5.91 Å². The molecular formula is C8H14N2O5S. The Morgan fingerprint density at radius 3 is 2.62 bits per heavy atom. The fourth-order valence-electron chi connectivity index (χ4n) is 1.35. The van der Waals surface area contributed by atoms with E-state index in [9.17, 15) is 18.0 Å². The zero-order valence-corrected chi connectivity index (χ0v) is 9.83. The lowest BCUT2D eigenvalue weighted by atomic mass is 9.96. The van der Waals surface area contributed by atoms with Crippen LogP contribution >= 0.6 is 0 Å². The molecule has 0 spiro atoms. The number of nitrogens with one attached hydrogen (secondary N) is 2. The fraction of sp³-hybridized carbons (Fsp3) is 0.750. The molecule has 1 amide bonds. The summed E-state index contributed by atoms with van der Waals surface area (Å²) in [4.78, 5) is 22.1. The summed E-state index contributed by atoms with van der Waals surface area (Å²) in [5.41, 5.74) is 0. The number of carbonyl (C=O) groups excluding carboxylic acids is 2. The van der Waals surface area contributed by atoms with Crippen molar-refractivity contribution < 1.29 is 22.7 Å². The van der Waals surface area contributed by atoms with E-state index in [1.807, 2.05) is 0 Å². The molecule has 0 aromatic heterocycles. The predicted molar refractivity (Wildman–Crippen MR) is 55.2 cm³/mol. The number of rotatable bonds is 5. The Bertz CT molecular complexity index is 391. The Labute approximate surface area is 93.4 Å². The SMILES string of the molecule is COC(=O)C[C@H]1NC(=O)[C@@H]1NCS(C)(=O)=O. The number of methoxy groups -OCH3 is 1. The van der Waals surface area contributed by atoms with Gasteiger partial charge in [-0.25, -0.2) is 8.42 Å². The standard InChI is InChI=1S/C8H14N2O5S/c1-15-6(11)3-5-7(8(12)10-5)9-4-16(2,13)14/h5,7,9H,3-4H2,1-2H3,(H,10,12)/t5-,7-/m1/s1. The van der Waals surface area contributed by atoms with E-state index in [0.29, 0.717) is 0 Å². The van der Waals surface area contributed by atoms with E-state index in [1.54, 1.807) is 0 Å². The van der Waals surface area contributed by atoms with E-state index in [0.717, 1.165) is 6.26 Å². The number of ether oxygens (including phenoxy) is 1. The van der Waals surface area contributed by atoms with Gasteiger partial charge in [0, 0.05) is 6.26 Å². The van der Waals surface area contributed by atoms with E-state index >= 15 is 0 Å². The molecule has 1 fully saturated rings. The molecule has 0 bridgehead atoms. The maximum Gasteiger partial charge on any atom is 0.307 e. The van der Waals surface area contributed by atoms with Gasteiger partial charge in [-0.05, 0) is 0 Å². The van der Waals surface area contributed by atoms with Gasteiger partial charge in [-0.3, -0.25) is 14.9 Å². The molecule has 0 saturated carbocycles. The molecule has 1 heterocycles. The normalized spacial score (nSPS) is 24.5. The molecule has 8 heteroatoms. The van der Waals surface area contributed by atoms with Crippen molar-refractivity contribution in [1.82, 2.24) is 10.6 Å². The van der Waals surface area contributed by atoms with Gasteiger partial charge in [-0.2, -0.15) is 0 Å². The highest BCUT2D eigenvalue weighted by atomic mass is 32.2. The average Bonchev–Trinajstić information content (AvgIpc) is 2.14. The van der Waals surface area contributed by atoms with Crippen LogP contribution in [0, 0.1) is 0 Å². The van der Waals surface area contributed by atoms with Crippen molar-refractivity contribution in [2.24, 2.45) is 0 Å². The van der Waals surface area contributed by atoms with Crippen LogP contribution in [0.15, 0.2) is 0 Å². The van der Waals surface area contributed by atoms with Gasteiger partial charge in [-0.15, -0.1) is 0 Å². The van der Waals surface area contributed by atoms with Gasteiger partial charge < -0.3 is 10.1 Å². The number of amides is 1. The van der Waals surface area contributed by atoms with E-state index in [-0.39, 0.29) is 18.2 Å². The van der Waals surface area contributed by atoms with Crippen molar-refractivity contribution >= 4 is 21.7 Å². The molecule has 0 radical (unpaired) electrons. The van der Waals surface area contributed by atoms with E-state index in [2.05, 4.69) is 15.4 Å². The number of esters is 1. The lowest BCUT2D eigenvalue weighted by Crippen LogP contribution is -2.69. The van der Waals surface area contributed by atoms with Gasteiger partial charge >= 0.3 is 5.97 Å². The monoisotopic (exact) mass is 250 g/mol. The highest BCUT2D eigenvalue weighted by molar-refractivity contribution is 7.90. The second-order valence-electron chi connectivity index (χ2n) is 3.65. The maximum atomic E-state index is 11.1. The van der Waals surface area contributed by atoms with Crippen molar-refractivity contribution in [2.45, 2.75) is 18.5 Å². The van der Waals surface area contributed by atoms with E-state index in [4.69, 9.17) is 0 Å². The van der Waals surface area contributed by atoms with Crippen LogP contribution < -0.4 is 10.6 Å². The maximum absolute atomic E-state index is 11.1. The third-order valence-corrected chi connectivity index (χ3v) is 2.88. The van der Waals surface area contributed by atoms with Crippen LogP contribution in [0.4, 0.5) is 0 Å². The smallest absolute Gasteiger partial charge is 0.307 e. The van der Waals surface area contributed by atoms with Gasteiger partial charge in [0.25, 0.3) is 0 Å².